The molecule has 0 amide bonds. The molecular formula is C12H5ClFN5. The van der Waals surface area contributed by atoms with Crippen LogP contribution in [0.25, 0.3) is 16.8 Å². The lowest BCUT2D eigenvalue weighted by Gasteiger charge is -2.04. The van der Waals surface area contributed by atoms with Gasteiger partial charge < -0.3 is 0 Å². The molecule has 92 valence electrons. The molecule has 0 aliphatic rings. The zero-order valence-corrected chi connectivity index (χ0v) is 10.1. The molecule has 0 radical (unpaired) electrons. The average molecular weight is 274 g/mol. The van der Waals surface area contributed by atoms with Crippen molar-refractivity contribution in [3.8, 4) is 17.3 Å². The van der Waals surface area contributed by atoms with Gasteiger partial charge in [-0.1, -0.05) is 11.6 Å². The number of pyridine rings is 1. The molecule has 0 saturated carbocycles. The number of hydrogen-bond donors (Lipinski definition) is 0. The topological polar surface area (TPSA) is 66.9 Å². The van der Waals surface area contributed by atoms with Gasteiger partial charge in [0.2, 0.25) is 5.95 Å². The van der Waals surface area contributed by atoms with Crippen LogP contribution in [0.1, 0.15) is 5.56 Å². The second-order valence-corrected chi connectivity index (χ2v) is 4.13. The lowest BCUT2D eigenvalue weighted by molar-refractivity contribution is 0.584. The van der Waals surface area contributed by atoms with E-state index in [4.69, 9.17) is 16.9 Å². The zero-order valence-electron chi connectivity index (χ0n) is 9.38. The van der Waals surface area contributed by atoms with Crippen LogP contribution in [0.15, 0.2) is 30.7 Å². The maximum atomic E-state index is 12.9. The van der Waals surface area contributed by atoms with Crippen molar-refractivity contribution in [2.45, 2.75) is 0 Å². The fourth-order valence-corrected chi connectivity index (χ4v) is 1.96. The first-order valence-electron chi connectivity index (χ1n) is 5.25. The molecule has 0 bridgehead atoms. The molecule has 0 saturated heterocycles. The van der Waals surface area contributed by atoms with Crippen LogP contribution in [0, 0.1) is 17.3 Å². The Morgan fingerprint density at radius 1 is 1.32 bits per heavy atom. The minimum absolute atomic E-state index is 0.222. The highest BCUT2D eigenvalue weighted by atomic mass is 35.5. The molecule has 3 heterocycles. The SMILES string of the molecule is N#Cc1cnn2cc(Cl)nc(-c3ccc(F)nc3)c12. The highest BCUT2D eigenvalue weighted by Crippen LogP contribution is 2.26. The van der Waals surface area contributed by atoms with Gasteiger partial charge in [-0.05, 0) is 12.1 Å². The summed E-state index contributed by atoms with van der Waals surface area (Å²) in [6, 6.07) is 4.77. The zero-order chi connectivity index (χ0) is 13.4. The van der Waals surface area contributed by atoms with Crippen molar-refractivity contribution in [3.05, 3.63) is 47.4 Å². The van der Waals surface area contributed by atoms with Crippen molar-refractivity contribution >= 4 is 17.1 Å². The van der Waals surface area contributed by atoms with Crippen molar-refractivity contribution in [3.63, 3.8) is 0 Å². The van der Waals surface area contributed by atoms with E-state index in [1.165, 1.54) is 35.2 Å². The molecule has 5 nitrogen and oxygen atoms in total. The summed E-state index contributed by atoms with van der Waals surface area (Å²) in [6.45, 7) is 0. The number of aromatic nitrogens is 4. The summed E-state index contributed by atoms with van der Waals surface area (Å²) in [7, 11) is 0. The molecule has 0 atom stereocenters. The Kier molecular flexibility index (Phi) is 2.62. The fourth-order valence-electron chi connectivity index (χ4n) is 1.78. The number of halogens is 2. The van der Waals surface area contributed by atoms with Crippen LogP contribution >= 0.6 is 11.6 Å². The Labute approximate surface area is 111 Å². The molecule has 0 aliphatic carbocycles. The quantitative estimate of drug-likeness (QED) is 0.639. The van der Waals surface area contributed by atoms with Crippen LogP contribution < -0.4 is 0 Å². The Morgan fingerprint density at radius 2 is 2.16 bits per heavy atom. The summed E-state index contributed by atoms with van der Waals surface area (Å²) in [5.74, 6) is -0.587. The Balaban J connectivity index is 2.36. The van der Waals surface area contributed by atoms with Crippen molar-refractivity contribution in [1.29, 1.82) is 5.26 Å². The predicted molar refractivity (Wildman–Crippen MR) is 65.9 cm³/mol. The molecular weight excluding hydrogens is 269 g/mol. The minimum Gasteiger partial charge on any atom is -0.234 e. The smallest absolute Gasteiger partial charge is 0.212 e. The van der Waals surface area contributed by atoms with E-state index in [9.17, 15) is 4.39 Å². The van der Waals surface area contributed by atoms with Crippen molar-refractivity contribution in [1.82, 2.24) is 19.6 Å². The molecule has 0 fully saturated rings. The number of rotatable bonds is 1. The molecule has 0 aromatic carbocycles. The fraction of sp³-hybridized carbons (Fsp3) is 0. The van der Waals surface area contributed by atoms with Gasteiger partial charge in [0.05, 0.1) is 12.4 Å². The molecule has 7 heteroatoms. The summed E-state index contributed by atoms with van der Waals surface area (Å²) in [6.07, 6.45) is 4.26. The van der Waals surface area contributed by atoms with Crippen LogP contribution in [0.5, 0.6) is 0 Å². The van der Waals surface area contributed by atoms with Crippen molar-refractivity contribution in [2.24, 2.45) is 0 Å². The summed E-state index contributed by atoms with van der Waals surface area (Å²) in [5.41, 5.74) is 1.88. The van der Waals surface area contributed by atoms with Gasteiger partial charge in [0.15, 0.2) is 0 Å². The summed E-state index contributed by atoms with van der Waals surface area (Å²) in [4.78, 5) is 7.74. The first-order chi connectivity index (χ1) is 9.19. The molecule has 0 N–H and O–H groups in total. The Bertz CT molecular complexity index is 803. The van der Waals surface area contributed by atoms with Gasteiger partial charge in [0, 0.05) is 11.8 Å². The second-order valence-electron chi connectivity index (χ2n) is 3.75. The van der Waals surface area contributed by atoms with E-state index >= 15 is 0 Å². The monoisotopic (exact) mass is 273 g/mol. The van der Waals surface area contributed by atoms with Crippen LogP contribution in [0.4, 0.5) is 4.39 Å². The summed E-state index contributed by atoms with van der Waals surface area (Å²) < 4.78 is 14.3. The highest BCUT2D eigenvalue weighted by Gasteiger charge is 2.14. The predicted octanol–water partition coefficient (Wildman–Crippen LogP) is 2.46. The summed E-state index contributed by atoms with van der Waals surface area (Å²) in [5, 5.41) is 13.3. The molecule has 3 aromatic heterocycles. The Hall–Kier alpha value is -2.52. The third kappa shape index (κ3) is 1.90. The van der Waals surface area contributed by atoms with Gasteiger partial charge in [-0.3, -0.25) is 0 Å². The third-order valence-corrected chi connectivity index (χ3v) is 2.77. The molecule has 3 rings (SSSR count). The first kappa shape index (κ1) is 11.6. The molecule has 0 unspecified atom stereocenters. The highest BCUT2D eigenvalue weighted by molar-refractivity contribution is 6.29. The van der Waals surface area contributed by atoms with Crippen molar-refractivity contribution < 1.29 is 4.39 Å². The largest absolute Gasteiger partial charge is 0.234 e. The van der Waals surface area contributed by atoms with Crippen LogP contribution in [-0.4, -0.2) is 19.6 Å². The van der Waals surface area contributed by atoms with E-state index in [0.29, 0.717) is 22.3 Å². The number of nitriles is 1. The third-order valence-electron chi connectivity index (χ3n) is 2.59. The van der Waals surface area contributed by atoms with Crippen LogP contribution in [-0.2, 0) is 0 Å². The lowest BCUT2D eigenvalue weighted by Crippen LogP contribution is -1.95. The van der Waals surface area contributed by atoms with E-state index in [-0.39, 0.29) is 5.15 Å². The van der Waals surface area contributed by atoms with Gasteiger partial charge in [-0.25, -0.2) is 14.5 Å². The average Bonchev–Trinajstić information content (AvgIpc) is 2.81. The van der Waals surface area contributed by atoms with Gasteiger partial charge in [-0.15, -0.1) is 0 Å². The normalized spacial score (nSPS) is 10.6. The lowest BCUT2D eigenvalue weighted by atomic mass is 10.1. The minimum atomic E-state index is -0.587. The van der Waals surface area contributed by atoms with E-state index in [1.807, 2.05) is 6.07 Å². The molecule has 0 aliphatic heterocycles. The number of hydrogen-bond acceptors (Lipinski definition) is 4. The molecule has 3 aromatic rings. The van der Waals surface area contributed by atoms with Crippen molar-refractivity contribution in [2.75, 3.05) is 0 Å². The molecule has 0 spiro atoms. The first-order valence-corrected chi connectivity index (χ1v) is 5.63. The number of fused-ring (bicyclic) bond motifs is 1. The van der Waals surface area contributed by atoms with Crippen LogP contribution in [0.2, 0.25) is 5.15 Å². The standard InChI is InChI=1S/C12H5ClFN5/c13-9-6-19-12(8(3-15)5-17-19)11(18-9)7-1-2-10(14)16-4-7/h1-2,4-6H. The number of nitrogens with zero attached hydrogens (tertiary/aromatic N) is 5. The summed E-state index contributed by atoms with van der Waals surface area (Å²) >= 11 is 5.91. The van der Waals surface area contributed by atoms with Gasteiger partial charge in [0.1, 0.15) is 28.0 Å². The van der Waals surface area contributed by atoms with Gasteiger partial charge in [-0.2, -0.15) is 14.8 Å². The van der Waals surface area contributed by atoms with Gasteiger partial charge in [0.25, 0.3) is 0 Å². The van der Waals surface area contributed by atoms with E-state index in [2.05, 4.69) is 15.1 Å². The second kappa shape index (κ2) is 4.30. The Morgan fingerprint density at radius 3 is 2.84 bits per heavy atom. The van der Waals surface area contributed by atoms with Crippen LogP contribution in [0.3, 0.4) is 0 Å². The van der Waals surface area contributed by atoms with E-state index < -0.39 is 5.95 Å². The molecule has 19 heavy (non-hydrogen) atoms. The maximum Gasteiger partial charge on any atom is 0.212 e. The van der Waals surface area contributed by atoms with Gasteiger partial charge >= 0.3 is 0 Å². The maximum absolute atomic E-state index is 12.9. The van der Waals surface area contributed by atoms with E-state index in [1.54, 1.807) is 0 Å². The van der Waals surface area contributed by atoms with E-state index in [0.717, 1.165) is 0 Å².